The summed E-state index contributed by atoms with van der Waals surface area (Å²) in [5.41, 5.74) is 2.36. The molecule has 5 rings (SSSR count). The number of sulfonamides is 1. The summed E-state index contributed by atoms with van der Waals surface area (Å²) in [4.78, 5) is 21.7. The average Bonchev–Trinajstić information content (AvgIpc) is 3.39. The number of amides is 1. The van der Waals surface area contributed by atoms with E-state index >= 15 is 0 Å². The number of nitrogens with one attached hydrogen (secondary N) is 3. The van der Waals surface area contributed by atoms with Crippen molar-refractivity contribution in [3.05, 3.63) is 90.8 Å². The van der Waals surface area contributed by atoms with E-state index < -0.39 is 10.0 Å². The minimum absolute atomic E-state index is 0.0151. The molecule has 0 bridgehead atoms. The first-order valence-corrected chi connectivity index (χ1v) is 13.6. The minimum Gasteiger partial charge on any atom is -0.497 e. The Balaban J connectivity index is 1.48. The Kier molecular flexibility index (Phi) is 7.25. The molecule has 0 spiro atoms. The number of benzene rings is 3. The fourth-order valence-electron chi connectivity index (χ4n) is 3.99. The summed E-state index contributed by atoms with van der Waals surface area (Å²) in [7, 11) is 0.671. The molecule has 2 aromatic heterocycles. The van der Waals surface area contributed by atoms with E-state index in [0.29, 0.717) is 39.6 Å². The number of rotatable bonds is 9. The van der Waals surface area contributed by atoms with Crippen molar-refractivity contribution in [2.75, 3.05) is 29.6 Å². The first kappa shape index (κ1) is 26.5. The highest BCUT2D eigenvalue weighted by atomic mass is 32.2. The van der Waals surface area contributed by atoms with Crippen LogP contribution in [-0.2, 0) is 17.1 Å². The Morgan fingerprint density at radius 3 is 2.10 bits per heavy atom. The van der Waals surface area contributed by atoms with Crippen LogP contribution in [0.4, 0.5) is 23.0 Å². The molecule has 5 aromatic rings. The van der Waals surface area contributed by atoms with Crippen LogP contribution in [0, 0.1) is 0 Å². The van der Waals surface area contributed by atoms with Gasteiger partial charge in [0, 0.05) is 42.8 Å². The maximum Gasteiger partial charge on any atom is 0.272 e. The molecule has 11 nitrogen and oxygen atoms in total. The van der Waals surface area contributed by atoms with Crippen LogP contribution in [0.1, 0.15) is 10.5 Å². The fraction of sp³-hybridized carbons (Fsp3) is 0.107. The zero-order valence-electron chi connectivity index (χ0n) is 21.9. The standard InChI is InChI=1S/C28H26N6O5S/c1-34-13-7-12-25(34)28(35)30-18-8-6-9-22(16-18)40(36,37)33-27-26(31-23-10-4-5-11-24(23)32-27)29-19-14-20(38-2)17-21(15-19)39-3/h4-17H,1-3H3,(H,29,31)(H,30,35)(H,32,33). The second-order valence-corrected chi connectivity index (χ2v) is 10.4. The van der Waals surface area contributed by atoms with Gasteiger partial charge in [0.1, 0.15) is 17.2 Å². The number of aryl methyl sites for hydroxylation is 1. The highest BCUT2D eigenvalue weighted by Gasteiger charge is 2.20. The van der Waals surface area contributed by atoms with Crippen molar-refractivity contribution < 1.29 is 22.7 Å². The van der Waals surface area contributed by atoms with Crippen LogP contribution in [-0.4, -0.2) is 43.1 Å². The van der Waals surface area contributed by atoms with Crippen molar-refractivity contribution in [3.8, 4) is 11.5 Å². The molecule has 0 saturated heterocycles. The molecule has 12 heteroatoms. The van der Waals surface area contributed by atoms with Gasteiger partial charge >= 0.3 is 0 Å². The first-order valence-electron chi connectivity index (χ1n) is 12.1. The number of nitrogens with zero attached hydrogens (tertiary/aromatic N) is 3. The lowest BCUT2D eigenvalue weighted by Crippen LogP contribution is -2.18. The molecule has 0 aliphatic rings. The third-order valence-electron chi connectivity index (χ3n) is 5.99. The van der Waals surface area contributed by atoms with Gasteiger partial charge in [0.25, 0.3) is 15.9 Å². The molecule has 3 aromatic carbocycles. The second kappa shape index (κ2) is 10.9. The van der Waals surface area contributed by atoms with E-state index in [1.807, 2.05) is 6.07 Å². The Hall–Kier alpha value is -5.10. The van der Waals surface area contributed by atoms with Gasteiger partial charge in [0.2, 0.25) is 0 Å². The Morgan fingerprint density at radius 2 is 1.48 bits per heavy atom. The summed E-state index contributed by atoms with van der Waals surface area (Å²) in [5, 5.41) is 5.86. The number of carbonyl (C=O) groups excluding carboxylic acids is 1. The van der Waals surface area contributed by atoms with Crippen LogP contribution in [0.2, 0.25) is 0 Å². The van der Waals surface area contributed by atoms with Gasteiger partial charge in [0.05, 0.1) is 30.1 Å². The van der Waals surface area contributed by atoms with Gasteiger partial charge in [-0.2, -0.15) is 0 Å². The van der Waals surface area contributed by atoms with Crippen molar-refractivity contribution in [3.63, 3.8) is 0 Å². The second-order valence-electron chi connectivity index (χ2n) is 8.73. The Morgan fingerprint density at radius 1 is 0.800 bits per heavy atom. The number of carbonyl (C=O) groups is 1. The predicted molar refractivity (Wildman–Crippen MR) is 153 cm³/mol. The lowest BCUT2D eigenvalue weighted by atomic mass is 10.2. The predicted octanol–water partition coefficient (Wildman–Crippen LogP) is 4.78. The summed E-state index contributed by atoms with van der Waals surface area (Å²) >= 11 is 0. The van der Waals surface area contributed by atoms with Gasteiger partial charge in [-0.25, -0.2) is 18.4 Å². The lowest BCUT2D eigenvalue weighted by Gasteiger charge is -2.15. The van der Waals surface area contributed by atoms with Crippen molar-refractivity contribution in [2.24, 2.45) is 7.05 Å². The smallest absolute Gasteiger partial charge is 0.272 e. The minimum atomic E-state index is -4.14. The summed E-state index contributed by atoms with van der Waals surface area (Å²) in [6.45, 7) is 0. The molecular formula is C28H26N6O5S. The molecule has 0 saturated carbocycles. The van der Waals surface area contributed by atoms with E-state index in [9.17, 15) is 13.2 Å². The molecule has 0 radical (unpaired) electrons. The largest absolute Gasteiger partial charge is 0.497 e. The molecule has 0 aliphatic carbocycles. The summed E-state index contributed by atoms with van der Waals surface area (Å²) < 4.78 is 41.9. The van der Waals surface area contributed by atoms with Gasteiger partial charge in [-0.15, -0.1) is 0 Å². The summed E-state index contributed by atoms with van der Waals surface area (Å²) in [6.07, 6.45) is 1.75. The van der Waals surface area contributed by atoms with Gasteiger partial charge in [-0.05, 0) is 42.5 Å². The quantitative estimate of drug-likeness (QED) is 0.235. The van der Waals surface area contributed by atoms with Gasteiger partial charge in [-0.1, -0.05) is 18.2 Å². The molecule has 1 amide bonds. The Bertz CT molecular complexity index is 1800. The lowest BCUT2D eigenvalue weighted by molar-refractivity contribution is 0.101. The third-order valence-corrected chi connectivity index (χ3v) is 7.33. The molecule has 0 atom stereocenters. The number of aromatic nitrogens is 3. The van der Waals surface area contributed by atoms with E-state index in [4.69, 9.17) is 9.47 Å². The molecule has 0 aliphatic heterocycles. The van der Waals surface area contributed by atoms with Gasteiger partial charge in [-0.3, -0.25) is 9.52 Å². The van der Waals surface area contributed by atoms with E-state index in [1.165, 1.54) is 26.4 Å². The number of methoxy groups -OCH3 is 2. The maximum atomic E-state index is 13.5. The van der Waals surface area contributed by atoms with E-state index in [1.54, 1.807) is 78.5 Å². The Labute approximate surface area is 230 Å². The normalized spacial score (nSPS) is 11.2. The number of fused-ring (bicyclic) bond motifs is 1. The van der Waals surface area contributed by atoms with E-state index in [2.05, 4.69) is 25.3 Å². The van der Waals surface area contributed by atoms with Gasteiger partial charge < -0.3 is 24.7 Å². The zero-order chi connectivity index (χ0) is 28.3. The van der Waals surface area contributed by atoms with Crippen molar-refractivity contribution in [1.29, 1.82) is 0 Å². The van der Waals surface area contributed by atoms with Crippen LogP contribution >= 0.6 is 0 Å². The SMILES string of the molecule is COc1cc(Nc2nc3ccccc3nc2NS(=O)(=O)c2cccc(NC(=O)c3cccn3C)c2)cc(OC)c1. The molecule has 204 valence electrons. The number of ether oxygens (including phenoxy) is 2. The molecule has 2 heterocycles. The van der Waals surface area contributed by atoms with Crippen LogP contribution in [0.3, 0.4) is 0 Å². The summed E-state index contributed by atoms with van der Waals surface area (Å²) in [6, 6.07) is 21.6. The monoisotopic (exact) mass is 558 g/mol. The highest BCUT2D eigenvalue weighted by Crippen LogP contribution is 2.31. The third kappa shape index (κ3) is 5.66. The number of para-hydroxylation sites is 2. The number of anilines is 4. The van der Waals surface area contributed by atoms with Crippen LogP contribution in [0.25, 0.3) is 11.0 Å². The molecule has 3 N–H and O–H groups in total. The molecule has 0 unspecified atom stereocenters. The van der Waals surface area contributed by atoms with Crippen LogP contribution in [0.5, 0.6) is 11.5 Å². The van der Waals surface area contributed by atoms with Crippen LogP contribution in [0.15, 0.2) is 90.0 Å². The molecule has 40 heavy (non-hydrogen) atoms. The van der Waals surface area contributed by atoms with Gasteiger partial charge in [0.15, 0.2) is 11.6 Å². The first-order chi connectivity index (χ1) is 19.3. The van der Waals surface area contributed by atoms with Crippen molar-refractivity contribution in [1.82, 2.24) is 14.5 Å². The zero-order valence-corrected chi connectivity index (χ0v) is 22.7. The number of hydrogen-bond acceptors (Lipinski definition) is 8. The number of hydrogen-bond donors (Lipinski definition) is 3. The maximum absolute atomic E-state index is 13.5. The van der Waals surface area contributed by atoms with Crippen molar-refractivity contribution in [2.45, 2.75) is 4.90 Å². The van der Waals surface area contributed by atoms with E-state index in [-0.39, 0.29) is 22.4 Å². The molecular weight excluding hydrogens is 532 g/mol. The topological polar surface area (TPSA) is 136 Å². The highest BCUT2D eigenvalue weighted by molar-refractivity contribution is 7.92. The molecule has 0 fully saturated rings. The van der Waals surface area contributed by atoms with Crippen molar-refractivity contribution >= 4 is 50.0 Å². The fourth-order valence-corrected chi connectivity index (χ4v) is 5.05. The van der Waals surface area contributed by atoms with Crippen LogP contribution < -0.4 is 24.8 Å². The summed E-state index contributed by atoms with van der Waals surface area (Å²) in [5.74, 6) is 0.860. The average molecular weight is 559 g/mol. The van der Waals surface area contributed by atoms with E-state index in [0.717, 1.165) is 0 Å².